The molecule has 0 radical (unpaired) electrons. The van der Waals surface area contributed by atoms with Crippen LogP contribution in [0.25, 0.3) is 0 Å². The fourth-order valence-corrected chi connectivity index (χ4v) is 1.57. The Morgan fingerprint density at radius 3 is 2.57 bits per heavy atom. The lowest BCUT2D eigenvalue weighted by Crippen LogP contribution is -2.21. The van der Waals surface area contributed by atoms with Gasteiger partial charge in [0.15, 0.2) is 0 Å². The first-order valence-corrected chi connectivity index (χ1v) is 5.93. The number of hydrogen-bond acceptors (Lipinski definition) is 5. The molecule has 0 fully saturated rings. The van der Waals surface area contributed by atoms with Gasteiger partial charge in [0.05, 0.1) is 5.92 Å². The second-order valence-electron chi connectivity index (χ2n) is 3.52. The highest BCUT2D eigenvalue weighted by Crippen LogP contribution is 2.24. The molecule has 0 aliphatic heterocycles. The minimum Gasteiger partial charge on any atom is -0.416 e. The molecule has 0 saturated heterocycles. The van der Waals surface area contributed by atoms with Gasteiger partial charge in [-0.1, -0.05) is 25.6 Å². The van der Waals surface area contributed by atoms with E-state index >= 15 is 0 Å². The van der Waals surface area contributed by atoms with Gasteiger partial charge in [-0.25, -0.2) is 0 Å². The van der Waals surface area contributed by atoms with Crippen LogP contribution in [0.4, 0.5) is 0 Å². The van der Waals surface area contributed by atoms with Crippen molar-refractivity contribution in [2.45, 2.75) is 25.0 Å². The third-order valence-electron chi connectivity index (χ3n) is 2.14. The zero-order chi connectivity index (χ0) is 10.6. The van der Waals surface area contributed by atoms with Crippen LogP contribution < -0.4 is 5.32 Å². The molecule has 1 aromatic heterocycles. The van der Waals surface area contributed by atoms with Crippen molar-refractivity contribution >= 4 is 11.8 Å². The van der Waals surface area contributed by atoms with Crippen LogP contribution in [-0.4, -0.2) is 30.0 Å². The molecule has 1 unspecified atom stereocenters. The van der Waals surface area contributed by atoms with Crippen LogP contribution in [0.1, 0.15) is 25.7 Å². The molecule has 0 amide bonds. The van der Waals surface area contributed by atoms with Crippen molar-refractivity contribution in [1.29, 1.82) is 0 Å². The van der Waals surface area contributed by atoms with Gasteiger partial charge in [-0.05, 0) is 19.2 Å². The Hall–Kier alpha value is -0.550. The van der Waals surface area contributed by atoms with E-state index in [1.807, 2.05) is 13.3 Å². The van der Waals surface area contributed by atoms with Crippen molar-refractivity contribution in [1.82, 2.24) is 15.5 Å². The predicted octanol–water partition coefficient (Wildman–Crippen LogP) is 1.75. The number of likely N-dealkylation sites (N-methyl/N-ethyl adjacent to an activating group) is 1. The third-order valence-corrected chi connectivity index (χ3v) is 2.66. The van der Waals surface area contributed by atoms with Crippen LogP contribution in [-0.2, 0) is 0 Å². The van der Waals surface area contributed by atoms with Crippen LogP contribution >= 0.6 is 11.8 Å². The lowest BCUT2D eigenvalue weighted by atomic mass is 9.96. The standard InChI is InChI=1S/C9H17N3OS/c1-6(2)7(5-10-3)8-11-12-9(13-8)14-4/h6-7,10H,5H2,1-4H3. The van der Waals surface area contributed by atoms with Gasteiger partial charge in [0.2, 0.25) is 5.89 Å². The van der Waals surface area contributed by atoms with E-state index < -0.39 is 0 Å². The third kappa shape index (κ3) is 2.72. The Morgan fingerprint density at radius 2 is 2.14 bits per heavy atom. The van der Waals surface area contributed by atoms with Crippen molar-refractivity contribution in [2.75, 3.05) is 19.8 Å². The van der Waals surface area contributed by atoms with E-state index in [2.05, 4.69) is 29.4 Å². The monoisotopic (exact) mass is 215 g/mol. The molecular weight excluding hydrogens is 198 g/mol. The lowest BCUT2D eigenvalue weighted by Gasteiger charge is -2.15. The summed E-state index contributed by atoms with van der Waals surface area (Å²) in [6.45, 7) is 5.18. The molecule has 0 aromatic carbocycles. The summed E-state index contributed by atoms with van der Waals surface area (Å²) in [5, 5.41) is 11.8. The van der Waals surface area contributed by atoms with Crippen LogP contribution in [0.5, 0.6) is 0 Å². The first-order valence-electron chi connectivity index (χ1n) is 4.71. The average Bonchev–Trinajstić information content (AvgIpc) is 2.61. The number of rotatable bonds is 5. The summed E-state index contributed by atoms with van der Waals surface area (Å²) in [5.41, 5.74) is 0. The van der Waals surface area contributed by atoms with Crippen molar-refractivity contribution in [3.8, 4) is 0 Å². The number of nitrogens with zero attached hydrogens (tertiary/aromatic N) is 2. The summed E-state index contributed by atoms with van der Waals surface area (Å²) < 4.78 is 5.51. The molecule has 1 N–H and O–H groups in total. The van der Waals surface area contributed by atoms with Gasteiger partial charge in [0.25, 0.3) is 5.22 Å². The molecule has 0 aliphatic rings. The quantitative estimate of drug-likeness (QED) is 0.758. The van der Waals surface area contributed by atoms with E-state index in [-0.39, 0.29) is 0 Å². The van der Waals surface area contributed by atoms with E-state index in [1.54, 1.807) is 0 Å². The Labute approximate surface area is 88.9 Å². The summed E-state index contributed by atoms with van der Waals surface area (Å²) in [5.74, 6) is 1.53. The summed E-state index contributed by atoms with van der Waals surface area (Å²) in [6.07, 6.45) is 1.93. The second-order valence-corrected chi connectivity index (χ2v) is 4.28. The van der Waals surface area contributed by atoms with Gasteiger partial charge in [-0.2, -0.15) is 0 Å². The number of hydrogen-bond donors (Lipinski definition) is 1. The van der Waals surface area contributed by atoms with Crippen molar-refractivity contribution < 1.29 is 4.42 Å². The van der Waals surface area contributed by atoms with Crippen molar-refractivity contribution in [2.24, 2.45) is 5.92 Å². The minimum atomic E-state index is 0.299. The Balaban J connectivity index is 2.76. The zero-order valence-corrected chi connectivity index (χ0v) is 9.89. The van der Waals surface area contributed by atoms with Crippen LogP contribution in [0.15, 0.2) is 9.64 Å². The van der Waals surface area contributed by atoms with E-state index in [0.29, 0.717) is 17.1 Å². The number of aromatic nitrogens is 2. The normalized spacial score (nSPS) is 13.5. The van der Waals surface area contributed by atoms with E-state index in [4.69, 9.17) is 4.42 Å². The fourth-order valence-electron chi connectivity index (χ4n) is 1.28. The molecule has 14 heavy (non-hydrogen) atoms. The minimum absolute atomic E-state index is 0.299. The molecule has 1 rings (SSSR count). The van der Waals surface area contributed by atoms with Crippen LogP contribution in [0.3, 0.4) is 0 Å². The highest BCUT2D eigenvalue weighted by molar-refractivity contribution is 7.98. The average molecular weight is 215 g/mol. The first kappa shape index (κ1) is 11.5. The molecule has 0 spiro atoms. The Kier molecular flexibility index (Phi) is 4.41. The van der Waals surface area contributed by atoms with Gasteiger partial charge in [0, 0.05) is 6.54 Å². The molecule has 80 valence electrons. The van der Waals surface area contributed by atoms with Gasteiger partial charge in [0.1, 0.15) is 0 Å². The van der Waals surface area contributed by atoms with Gasteiger partial charge < -0.3 is 9.73 Å². The maximum absolute atomic E-state index is 5.51. The SMILES string of the molecule is CNCC(c1nnc(SC)o1)C(C)C. The maximum atomic E-state index is 5.51. The molecule has 0 saturated carbocycles. The summed E-state index contributed by atoms with van der Waals surface area (Å²) >= 11 is 1.48. The molecule has 0 aliphatic carbocycles. The largest absolute Gasteiger partial charge is 0.416 e. The predicted molar refractivity (Wildman–Crippen MR) is 57.6 cm³/mol. The second kappa shape index (κ2) is 5.36. The highest BCUT2D eigenvalue weighted by Gasteiger charge is 2.21. The molecule has 1 aromatic rings. The van der Waals surface area contributed by atoms with Gasteiger partial charge >= 0.3 is 0 Å². The molecular formula is C9H17N3OS. The lowest BCUT2D eigenvalue weighted by molar-refractivity contribution is 0.339. The Bertz CT molecular complexity index is 275. The smallest absolute Gasteiger partial charge is 0.276 e. The van der Waals surface area contributed by atoms with Crippen molar-refractivity contribution in [3.63, 3.8) is 0 Å². The number of nitrogens with one attached hydrogen (secondary N) is 1. The molecule has 0 bridgehead atoms. The summed E-state index contributed by atoms with van der Waals surface area (Å²) in [4.78, 5) is 0. The number of thioether (sulfide) groups is 1. The Morgan fingerprint density at radius 1 is 1.43 bits per heavy atom. The molecule has 1 heterocycles. The maximum Gasteiger partial charge on any atom is 0.276 e. The zero-order valence-electron chi connectivity index (χ0n) is 9.07. The van der Waals surface area contributed by atoms with Crippen LogP contribution in [0.2, 0.25) is 0 Å². The summed E-state index contributed by atoms with van der Waals surface area (Å²) in [7, 11) is 1.93. The van der Waals surface area contributed by atoms with E-state index in [1.165, 1.54) is 11.8 Å². The molecule has 4 nitrogen and oxygen atoms in total. The fraction of sp³-hybridized carbons (Fsp3) is 0.778. The topological polar surface area (TPSA) is 51.0 Å². The van der Waals surface area contributed by atoms with Gasteiger partial charge in [-0.3, -0.25) is 0 Å². The first-order chi connectivity index (χ1) is 6.69. The van der Waals surface area contributed by atoms with E-state index in [9.17, 15) is 0 Å². The molecule has 1 atom stereocenters. The van der Waals surface area contributed by atoms with Crippen molar-refractivity contribution in [3.05, 3.63) is 5.89 Å². The van der Waals surface area contributed by atoms with E-state index in [0.717, 1.165) is 12.4 Å². The van der Waals surface area contributed by atoms with Crippen LogP contribution in [0, 0.1) is 5.92 Å². The van der Waals surface area contributed by atoms with Gasteiger partial charge in [-0.15, -0.1) is 10.2 Å². The molecule has 5 heteroatoms. The highest BCUT2D eigenvalue weighted by atomic mass is 32.2. The summed E-state index contributed by atoms with van der Waals surface area (Å²) in [6, 6.07) is 0.